The number of rotatable bonds is 4. The van der Waals surface area contributed by atoms with Crippen LogP contribution in [0.4, 0.5) is 5.69 Å². The van der Waals surface area contributed by atoms with E-state index in [9.17, 15) is 19.7 Å². The van der Waals surface area contributed by atoms with Crippen LogP contribution in [0.3, 0.4) is 0 Å². The third-order valence-electron chi connectivity index (χ3n) is 3.66. The summed E-state index contributed by atoms with van der Waals surface area (Å²) in [5.41, 5.74) is 2.95. The highest BCUT2D eigenvalue weighted by Gasteiger charge is 2.34. The average Bonchev–Trinajstić information content (AvgIpc) is 2.95. The average molecular weight is 307 g/mol. The van der Waals surface area contributed by atoms with Gasteiger partial charge in [-0.3, -0.25) is 24.5 Å². The molecular weight excluding hydrogens is 290 g/mol. The zero-order valence-corrected chi connectivity index (χ0v) is 12.4. The van der Waals surface area contributed by atoms with Gasteiger partial charge >= 0.3 is 0 Å². The molecule has 1 atom stereocenters. The maximum absolute atomic E-state index is 12.5. The van der Waals surface area contributed by atoms with Crippen molar-refractivity contribution >= 4 is 17.5 Å². The molecule has 1 fully saturated rings. The monoisotopic (exact) mass is 307 g/mol. The van der Waals surface area contributed by atoms with Crippen LogP contribution in [-0.4, -0.2) is 41.3 Å². The van der Waals surface area contributed by atoms with Crippen LogP contribution in [0.15, 0.2) is 18.2 Å². The topological polar surface area (TPSA) is 102 Å². The van der Waals surface area contributed by atoms with Crippen molar-refractivity contribution in [3.05, 3.63) is 39.4 Å². The normalized spacial score (nSPS) is 17.4. The van der Waals surface area contributed by atoms with Gasteiger partial charge in [-0.1, -0.05) is 0 Å². The maximum atomic E-state index is 12.5. The number of carbonyl (C=O) groups excluding carboxylic acids is 2. The molecule has 1 aliphatic rings. The van der Waals surface area contributed by atoms with Gasteiger partial charge in [-0.15, -0.1) is 0 Å². The largest absolute Gasteiger partial charge is 0.327 e. The van der Waals surface area contributed by atoms with Crippen molar-refractivity contribution in [3.63, 3.8) is 0 Å². The lowest BCUT2D eigenvalue weighted by Gasteiger charge is -2.23. The lowest BCUT2D eigenvalue weighted by molar-refractivity contribution is -0.385. The van der Waals surface area contributed by atoms with Crippen molar-refractivity contribution in [1.82, 2.24) is 10.4 Å². The minimum absolute atomic E-state index is 0.0355. The van der Waals surface area contributed by atoms with E-state index >= 15 is 0 Å². The number of nitrogens with zero attached hydrogens (tertiary/aromatic N) is 2. The maximum Gasteiger partial charge on any atom is 0.272 e. The van der Waals surface area contributed by atoms with E-state index in [-0.39, 0.29) is 17.5 Å². The van der Waals surface area contributed by atoms with E-state index in [1.807, 2.05) is 0 Å². The second-order valence-corrected chi connectivity index (χ2v) is 5.09. The van der Waals surface area contributed by atoms with Crippen molar-refractivity contribution in [3.8, 4) is 0 Å². The molecule has 1 aromatic carbocycles. The first-order valence-corrected chi connectivity index (χ1v) is 6.84. The Balaban J connectivity index is 2.22. The highest BCUT2D eigenvalue weighted by atomic mass is 16.6. The predicted molar refractivity (Wildman–Crippen MR) is 77.0 cm³/mol. The summed E-state index contributed by atoms with van der Waals surface area (Å²) in [6.45, 7) is 2.05. The molecule has 0 aromatic heterocycles. The Morgan fingerprint density at radius 3 is 2.77 bits per heavy atom. The number of amides is 2. The Morgan fingerprint density at radius 2 is 2.18 bits per heavy atom. The number of hydrogen-bond acceptors (Lipinski definition) is 5. The molecule has 1 aromatic rings. The summed E-state index contributed by atoms with van der Waals surface area (Å²) in [4.78, 5) is 40.8. The van der Waals surface area contributed by atoms with Crippen molar-refractivity contribution in [1.29, 1.82) is 0 Å². The quantitative estimate of drug-likeness (QED) is 0.665. The molecule has 0 unspecified atom stereocenters. The predicted octanol–water partition coefficient (Wildman–Crippen LogP) is 1.19. The number of hydroxylamine groups is 1. The fourth-order valence-electron chi connectivity index (χ4n) is 2.61. The number of likely N-dealkylation sites (tertiary alicyclic amines) is 1. The minimum Gasteiger partial charge on any atom is -0.327 e. The Labute approximate surface area is 127 Å². The van der Waals surface area contributed by atoms with E-state index in [1.165, 1.54) is 30.2 Å². The van der Waals surface area contributed by atoms with E-state index in [2.05, 4.69) is 10.3 Å². The molecule has 0 spiro atoms. The number of carbonyl (C=O) groups is 2. The number of aryl methyl sites for hydroxylation is 1. The van der Waals surface area contributed by atoms with Crippen LogP contribution < -0.4 is 5.48 Å². The fraction of sp³-hybridized carbons (Fsp3) is 0.429. The molecule has 8 nitrogen and oxygen atoms in total. The van der Waals surface area contributed by atoms with E-state index in [1.54, 1.807) is 6.92 Å². The number of hydrogen-bond donors (Lipinski definition) is 1. The Morgan fingerprint density at radius 1 is 1.45 bits per heavy atom. The minimum atomic E-state index is -0.581. The first-order chi connectivity index (χ1) is 10.5. The molecule has 8 heteroatoms. The molecular formula is C14H17N3O5. The van der Waals surface area contributed by atoms with Gasteiger partial charge in [0.15, 0.2) is 0 Å². The first kappa shape index (κ1) is 15.9. The van der Waals surface area contributed by atoms with Gasteiger partial charge in [0, 0.05) is 23.7 Å². The summed E-state index contributed by atoms with van der Waals surface area (Å²) < 4.78 is 0. The van der Waals surface area contributed by atoms with Crippen molar-refractivity contribution in [2.45, 2.75) is 25.8 Å². The number of nitrogens with one attached hydrogen (secondary N) is 1. The highest BCUT2D eigenvalue weighted by molar-refractivity contribution is 5.98. The summed E-state index contributed by atoms with van der Waals surface area (Å²) in [5.74, 6) is -0.682. The van der Waals surface area contributed by atoms with Crippen LogP contribution in [0.1, 0.15) is 28.8 Å². The highest BCUT2D eigenvalue weighted by Crippen LogP contribution is 2.23. The van der Waals surface area contributed by atoms with Gasteiger partial charge in [0.2, 0.25) is 0 Å². The third kappa shape index (κ3) is 3.06. The molecule has 2 rings (SSSR count). The lowest BCUT2D eigenvalue weighted by atomic mass is 10.1. The van der Waals surface area contributed by atoms with Gasteiger partial charge in [0.25, 0.3) is 17.5 Å². The van der Waals surface area contributed by atoms with Crippen LogP contribution in [0.5, 0.6) is 0 Å². The van der Waals surface area contributed by atoms with E-state index in [4.69, 9.17) is 0 Å². The Bertz CT molecular complexity index is 616. The van der Waals surface area contributed by atoms with Crippen molar-refractivity contribution in [2.24, 2.45) is 0 Å². The Hall–Kier alpha value is -2.48. The van der Waals surface area contributed by atoms with E-state index in [0.717, 1.165) is 6.42 Å². The second-order valence-electron chi connectivity index (χ2n) is 5.09. The van der Waals surface area contributed by atoms with Gasteiger partial charge in [0.1, 0.15) is 6.04 Å². The van der Waals surface area contributed by atoms with Crippen LogP contribution >= 0.6 is 0 Å². The second kappa shape index (κ2) is 6.52. The fourth-order valence-corrected chi connectivity index (χ4v) is 2.61. The molecule has 1 saturated heterocycles. The van der Waals surface area contributed by atoms with Gasteiger partial charge in [-0.25, -0.2) is 5.48 Å². The molecule has 0 bridgehead atoms. The lowest BCUT2D eigenvalue weighted by Crippen LogP contribution is -2.45. The molecule has 22 heavy (non-hydrogen) atoms. The number of nitro groups is 1. The van der Waals surface area contributed by atoms with Crippen LogP contribution in [0, 0.1) is 17.0 Å². The van der Waals surface area contributed by atoms with Crippen molar-refractivity contribution in [2.75, 3.05) is 13.7 Å². The van der Waals surface area contributed by atoms with E-state index < -0.39 is 11.0 Å². The summed E-state index contributed by atoms with van der Waals surface area (Å²) >= 11 is 0. The molecule has 1 N–H and O–H groups in total. The summed E-state index contributed by atoms with van der Waals surface area (Å²) in [5, 5.41) is 10.8. The zero-order valence-electron chi connectivity index (χ0n) is 12.4. The summed E-state index contributed by atoms with van der Waals surface area (Å²) in [6.07, 6.45) is 1.28. The molecule has 2 amide bonds. The SMILES string of the molecule is CONC(=O)[C@@H]1CCCN1C(=O)c1ccc([N+](=O)[O-])c(C)c1. The number of benzene rings is 1. The van der Waals surface area contributed by atoms with Crippen LogP contribution in [-0.2, 0) is 9.63 Å². The standard InChI is InChI=1S/C14H17N3O5/c1-9-8-10(5-6-11(9)17(20)21)14(19)16-7-3-4-12(16)13(18)15-22-2/h5-6,8,12H,3-4,7H2,1-2H3,(H,15,18)/t12-/m0/s1. The molecule has 1 heterocycles. The number of nitro benzene ring substituents is 1. The van der Waals surface area contributed by atoms with E-state index in [0.29, 0.717) is 24.1 Å². The Kier molecular flexibility index (Phi) is 4.71. The first-order valence-electron chi connectivity index (χ1n) is 6.84. The molecule has 0 radical (unpaired) electrons. The van der Waals surface area contributed by atoms with Crippen molar-refractivity contribution < 1.29 is 19.3 Å². The van der Waals surface area contributed by atoms with Crippen LogP contribution in [0.2, 0.25) is 0 Å². The zero-order chi connectivity index (χ0) is 16.3. The summed E-state index contributed by atoms with van der Waals surface area (Å²) in [7, 11) is 1.33. The van der Waals surface area contributed by atoms with Gasteiger partial charge in [-0.2, -0.15) is 0 Å². The molecule has 118 valence electrons. The molecule has 0 saturated carbocycles. The van der Waals surface area contributed by atoms with Gasteiger partial charge < -0.3 is 4.90 Å². The van der Waals surface area contributed by atoms with Gasteiger partial charge in [-0.05, 0) is 31.9 Å². The third-order valence-corrected chi connectivity index (χ3v) is 3.66. The van der Waals surface area contributed by atoms with Gasteiger partial charge in [0.05, 0.1) is 12.0 Å². The smallest absolute Gasteiger partial charge is 0.272 e. The molecule has 1 aliphatic heterocycles. The van der Waals surface area contributed by atoms with Crippen LogP contribution in [0.25, 0.3) is 0 Å². The molecule has 0 aliphatic carbocycles. The summed E-state index contributed by atoms with van der Waals surface area (Å²) in [6, 6.07) is 3.62.